The van der Waals surface area contributed by atoms with Crippen molar-refractivity contribution in [1.29, 1.82) is 0 Å². The highest BCUT2D eigenvalue weighted by Gasteiger charge is 2.29. The summed E-state index contributed by atoms with van der Waals surface area (Å²) in [6, 6.07) is 19.3. The number of rotatable bonds is 6. The zero-order valence-corrected chi connectivity index (χ0v) is 19.1. The van der Waals surface area contributed by atoms with Crippen molar-refractivity contribution in [3.8, 4) is 5.69 Å². The van der Waals surface area contributed by atoms with Crippen molar-refractivity contribution < 1.29 is 9.18 Å². The summed E-state index contributed by atoms with van der Waals surface area (Å²) in [5.41, 5.74) is 0.804. The Morgan fingerprint density at radius 2 is 1.79 bits per heavy atom. The lowest BCUT2D eigenvalue weighted by molar-refractivity contribution is 0.0667. The highest BCUT2D eigenvalue weighted by Crippen LogP contribution is 2.28. The molecule has 168 valence electrons. The number of fused-ring (bicyclic) bond motifs is 1. The van der Waals surface area contributed by atoms with E-state index in [1.807, 2.05) is 19.9 Å². The van der Waals surface area contributed by atoms with Gasteiger partial charge in [0.25, 0.3) is 11.5 Å². The first kappa shape index (κ1) is 22.7. The molecule has 0 radical (unpaired) electrons. The Morgan fingerprint density at radius 3 is 2.48 bits per heavy atom. The normalized spacial score (nSPS) is 12.0. The molecule has 0 saturated heterocycles. The van der Waals surface area contributed by atoms with Gasteiger partial charge in [0.05, 0.1) is 28.2 Å². The fraction of sp³-hybridized carbons (Fsp3) is 0.192. The fourth-order valence-corrected chi connectivity index (χ4v) is 4.26. The summed E-state index contributed by atoms with van der Waals surface area (Å²) in [4.78, 5) is 33.3. The van der Waals surface area contributed by atoms with Gasteiger partial charge in [0.2, 0.25) is 0 Å². The van der Waals surface area contributed by atoms with Crippen LogP contribution < -0.4 is 5.56 Å². The first-order valence-corrected chi connectivity index (χ1v) is 11.2. The fourth-order valence-electron chi connectivity index (χ4n) is 4.08. The van der Waals surface area contributed by atoms with E-state index >= 15 is 0 Å². The number of nitrogens with zero attached hydrogens (tertiary/aromatic N) is 3. The standard InChI is InChI=1S/C26H23ClFN3O2/c1-3-23(30(4-2)25(32)19-12-5-7-14-21(19)28)24-29-22-15-8-6-13-20(22)26(33)31(24)18-11-9-10-17(27)16-18/h5-16,23H,3-4H2,1-2H3. The molecule has 0 N–H and O–H groups in total. The van der Waals surface area contributed by atoms with Crippen LogP contribution in [-0.4, -0.2) is 26.9 Å². The molecule has 0 saturated carbocycles. The van der Waals surface area contributed by atoms with Crippen LogP contribution >= 0.6 is 11.6 Å². The maximum atomic E-state index is 14.4. The van der Waals surface area contributed by atoms with E-state index < -0.39 is 17.8 Å². The van der Waals surface area contributed by atoms with Crippen molar-refractivity contribution in [1.82, 2.24) is 14.5 Å². The van der Waals surface area contributed by atoms with Crippen LogP contribution in [0.25, 0.3) is 16.6 Å². The van der Waals surface area contributed by atoms with E-state index in [1.54, 1.807) is 59.5 Å². The Morgan fingerprint density at radius 1 is 1.06 bits per heavy atom. The molecule has 0 spiro atoms. The van der Waals surface area contributed by atoms with Gasteiger partial charge in [0.15, 0.2) is 0 Å². The molecular weight excluding hydrogens is 441 g/mol. The molecule has 4 rings (SSSR count). The van der Waals surface area contributed by atoms with Gasteiger partial charge in [-0.3, -0.25) is 14.2 Å². The molecule has 7 heteroatoms. The van der Waals surface area contributed by atoms with E-state index in [1.165, 1.54) is 16.7 Å². The number of carbonyl (C=O) groups is 1. The summed E-state index contributed by atoms with van der Waals surface area (Å²) >= 11 is 6.23. The molecule has 1 heterocycles. The highest BCUT2D eigenvalue weighted by molar-refractivity contribution is 6.30. The van der Waals surface area contributed by atoms with Crippen LogP contribution in [0.5, 0.6) is 0 Å². The van der Waals surface area contributed by atoms with Crippen LogP contribution in [-0.2, 0) is 0 Å². The molecular formula is C26H23ClFN3O2. The van der Waals surface area contributed by atoms with Gasteiger partial charge in [-0.15, -0.1) is 0 Å². The van der Waals surface area contributed by atoms with Crippen molar-refractivity contribution in [2.75, 3.05) is 6.54 Å². The van der Waals surface area contributed by atoms with Gasteiger partial charge >= 0.3 is 0 Å². The largest absolute Gasteiger partial charge is 0.329 e. The molecule has 0 fully saturated rings. The summed E-state index contributed by atoms with van der Waals surface area (Å²) in [6.45, 7) is 4.04. The van der Waals surface area contributed by atoms with Gasteiger partial charge in [-0.2, -0.15) is 0 Å². The summed E-state index contributed by atoms with van der Waals surface area (Å²) in [5.74, 6) is -0.646. The van der Waals surface area contributed by atoms with Crippen molar-refractivity contribution >= 4 is 28.4 Å². The molecule has 0 aliphatic rings. The molecule has 1 aromatic heterocycles. The third-order valence-electron chi connectivity index (χ3n) is 5.63. The average Bonchev–Trinajstić information content (AvgIpc) is 2.82. The quantitative estimate of drug-likeness (QED) is 0.363. The summed E-state index contributed by atoms with van der Waals surface area (Å²) in [5, 5.41) is 0.931. The number of carbonyl (C=O) groups excluding carboxylic acids is 1. The van der Waals surface area contributed by atoms with Crippen LogP contribution in [0.2, 0.25) is 5.02 Å². The van der Waals surface area contributed by atoms with Gasteiger partial charge in [-0.25, -0.2) is 9.37 Å². The third kappa shape index (κ3) is 4.26. The van der Waals surface area contributed by atoms with Crippen LogP contribution in [0.4, 0.5) is 4.39 Å². The molecule has 0 aliphatic heterocycles. The molecule has 1 amide bonds. The number of benzene rings is 3. The average molecular weight is 464 g/mol. The maximum absolute atomic E-state index is 14.4. The second-order valence-electron chi connectivity index (χ2n) is 7.60. The van der Waals surface area contributed by atoms with Crippen LogP contribution in [0.15, 0.2) is 77.6 Å². The Bertz CT molecular complexity index is 1390. The van der Waals surface area contributed by atoms with Gasteiger partial charge in [0, 0.05) is 11.6 Å². The highest BCUT2D eigenvalue weighted by atomic mass is 35.5. The van der Waals surface area contributed by atoms with E-state index in [0.29, 0.717) is 40.4 Å². The van der Waals surface area contributed by atoms with Crippen molar-refractivity contribution in [2.24, 2.45) is 0 Å². The molecule has 1 unspecified atom stereocenters. The van der Waals surface area contributed by atoms with Gasteiger partial charge in [-0.05, 0) is 55.8 Å². The van der Waals surface area contributed by atoms with Crippen molar-refractivity contribution in [3.05, 3.63) is 105 Å². The summed E-state index contributed by atoms with van der Waals surface area (Å²) < 4.78 is 15.9. The first-order valence-electron chi connectivity index (χ1n) is 10.8. The van der Waals surface area contributed by atoms with Crippen LogP contribution in [0, 0.1) is 5.82 Å². The predicted octanol–water partition coefficient (Wildman–Crippen LogP) is 5.79. The van der Waals surface area contributed by atoms with E-state index in [9.17, 15) is 14.0 Å². The summed E-state index contributed by atoms with van der Waals surface area (Å²) in [7, 11) is 0. The molecule has 5 nitrogen and oxygen atoms in total. The molecule has 0 bridgehead atoms. The number of para-hydroxylation sites is 1. The Kier molecular flexibility index (Phi) is 6.56. The lowest BCUT2D eigenvalue weighted by Crippen LogP contribution is -2.38. The second kappa shape index (κ2) is 9.55. The Hall–Kier alpha value is -3.51. The van der Waals surface area contributed by atoms with Crippen molar-refractivity contribution in [3.63, 3.8) is 0 Å². The molecule has 4 aromatic rings. The molecule has 3 aromatic carbocycles. The number of aromatic nitrogens is 2. The van der Waals surface area contributed by atoms with Gasteiger partial charge < -0.3 is 4.90 Å². The van der Waals surface area contributed by atoms with Crippen LogP contribution in [0.1, 0.15) is 42.5 Å². The smallest absolute Gasteiger partial charge is 0.266 e. The number of hydrogen-bond donors (Lipinski definition) is 0. The topological polar surface area (TPSA) is 55.2 Å². The van der Waals surface area contributed by atoms with Crippen molar-refractivity contribution in [2.45, 2.75) is 26.3 Å². The lowest BCUT2D eigenvalue weighted by Gasteiger charge is -2.31. The monoisotopic (exact) mass is 463 g/mol. The van der Waals surface area contributed by atoms with E-state index in [2.05, 4.69) is 0 Å². The number of halogens is 2. The zero-order chi connectivity index (χ0) is 23.5. The van der Waals surface area contributed by atoms with E-state index in [4.69, 9.17) is 16.6 Å². The Labute approximate surface area is 196 Å². The maximum Gasteiger partial charge on any atom is 0.266 e. The number of amides is 1. The van der Waals surface area contributed by atoms with Gasteiger partial charge in [0.1, 0.15) is 11.6 Å². The molecule has 33 heavy (non-hydrogen) atoms. The SMILES string of the molecule is CCC(c1nc2ccccc2c(=O)n1-c1cccc(Cl)c1)N(CC)C(=O)c1ccccc1F. The van der Waals surface area contributed by atoms with E-state index in [0.717, 1.165) is 0 Å². The third-order valence-corrected chi connectivity index (χ3v) is 5.87. The minimum atomic E-state index is -0.588. The predicted molar refractivity (Wildman–Crippen MR) is 128 cm³/mol. The zero-order valence-electron chi connectivity index (χ0n) is 18.3. The minimum Gasteiger partial charge on any atom is -0.329 e. The van der Waals surface area contributed by atoms with Gasteiger partial charge in [-0.1, -0.05) is 48.9 Å². The minimum absolute atomic E-state index is 0.0183. The number of hydrogen-bond acceptors (Lipinski definition) is 3. The lowest BCUT2D eigenvalue weighted by atomic mass is 10.1. The van der Waals surface area contributed by atoms with Crippen LogP contribution in [0.3, 0.4) is 0 Å². The second-order valence-corrected chi connectivity index (χ2v) is 8.04. The summed E-state index contributed by atoms with van der Waals surface area (Å²) in [6.07, 6.45) is 0.472. The first-order chi connectivity index (χ1) is 16.0. The van der Waals surface area contributed by atoms with E-state index in [-0.39, 0.29) is 11.1 Å². The molecule has 0 aliphatic carbocycles. The molecule has 1 atom stereocenters. The Balaban J connectivity index is 1.96.